The number of hydrogen-bond acceptors (Lipinski definition) is 6. The van der Waals surface area contributed by atoms with Gasteiger partial charge in [0.1, 0.15) is 5.82 Å². The molecule has 136 valence electrons. The molecule has 0 bridgehead atoms. The summed E-state index contributed by atoms with van der Waals surface area (Å²) in [5.74, 6) is 1.84. The zero-order valence-corrected chi connectivity index (χ0v) is 16.3. The Balaban J connectivity index is 0.00000196. The molecule has 7 heteroatoms. The van der Waals surface area contributed by atoms with Gasteiger partial charge in [-0.1, -0.05) is 0 Å². The molecule has 0 aromatic carbocycles. The van der Waals surface area contributed by atoms with Crippen molar-refractivity contribution in [3.05, 3.63) is 58.2 Å². The van der Waals surface area contributed by atoms with Gasteiger partial charge in [-0.05, 0) is 47.5 Å². The van der Waals surface area contributed by atoms with E-state index in [4.69, 9.17) is 9.97 Å². The molecule has 0 radical (unpaired) electrons. The fourth-order valence-electron chi connectivity index (χ4n) is 3.20. The summed E-state index contributed by atoms with van der Waals surface area (Å²) in [5, 5.41) is 7.79. The van der Waals surface area contributed by atoms with Gasteiger partial charge in [0, 0.05) is 50.1 Å². The number of anilines is 1. The molecule has 0 saturated carbocycles. The highest BCUT2D eigenvalue weighted by molar-refractivity contribution is 7.07. The number of fused-ring (bicyclic) bond motifs is 1. The average molecular weight is 388 g/mol. The average Bonchev–Trinajstić information content (AvgIpc) is 3.04. The first-order chi connectivity index (χ1) is 12.3. The summed E-state index contributed by atoms with van der Waals surface area (Å²) in [5.41, 5.74) is 4.77. The number of rotatable bonds is 4. The topological polar surface area (TPSA) is 53.9 Å². The van der Waals surface area contributed by atoms with Gasteiger partial charge in [-0.2, -0.15) is 11.3 Å². The minimum absolute atomic E-state index is 0. The molecule has 1 aliphatic heterocycles. The predicted molar refractivity (Wildman–Crippen MR) is 109 cm³/mol. The molecule has 0 unspecified atom stereocenters. The van der Waals surface area contributed by atoms with Crippen LogP contribution in [0.2, 0.25) is 0 Å². The maximum atomic E-state index is 4.94. The quantitative estimate of drug-likeness (QED) is 0.744. The molecule has 0 fully saturated rings. The molecule has 5 nitrogen and oxygen atoms in total. The Morgan fingerprint density at radius 2 is 1.92 bits per heavy atom. The van der Waals surface area contributed by atoms with Gasteiger partial charge in [-0.15, -0.1) is 12.4 Å². The highest BCUT2D eigenvalue weighted by Gasteiger charge is 2.20. The largest absolute Gasteiger partial charge is 0.355 e. The van der Waals surface area contributed by atoms with E-state index in [0.717, 1.165) is 49.7 Å². The van der Waals surface area contributed by atoms with Gasteiger partial charge in [0.05, 0.1) is 5.69 Å². The molecular formula is C19H22ClN5S. The maximum Gasteiger partial charge on any atom is 0.161 e. The van der Waals surface area contributed by atoms with Crippen LogP contribution >= 0.6 is 23.7 Å². The molecule has 0 saturated heterocycles. The van der Waals surface area contributed by atoms with Gasteiger partial charge < -0.3 is 10.2 Å². The van der Waals surface area contributed by atoms with Gasteiger partial charge in [0.2, 0.25) is 0 Å². The fourth-order valence-corrected chi connectivity index (χ4v) is 3.86. The Bertz CT molecular complexity index is 839. The van der Waals surface area contributed by atoms with Crippen molar-refractivity contribution in [2.24, 2.45) is 0 Å². The second-order valence-electron chi connectivity index (χ2n) is 6.27. The third kappa shape index (κ3) is 4.03. The number of hydrogen-bond donors (Lipinski definition) is 1. The van der Waals surface area contributed by atoms with Crippen LogP contribution in [0.5, 0.6) is 0 Å². The lowest BCUT2D eigenvalue weighted by molar-refractivity contribution is 0.708. The van der Waals surface area contributed by atoms with Crippen molar-refractivity contribution in [1.29, 1.82) is 0 Å². The first-order valence-corrected chi connectivity index (χ1v) is 9.48. The van der Waals surface area contributed by atoms with E-state index in [-0.39, 0.29) is 12.4 Å². The van der Waals surface area contributed by atoms with Gasteiger partial charge in [-0.3, -0.25) is 4.98 Å². The molecule has 0 atom stereocenters. The molecule has 0 spiro atoms. The van der Waals surface area contributed by atoms with E-state index < -0.39 is 0 Å². The highest BCUT2D eigenvalue weighted by Crippen LogP contribution is 2.27. The molecule has 4 rings (SSSR count). The lowest BCUT2D eigenvalue weighted by atomic mass is 10.1. The molecule has 3 aromatic heterocycles. The van der Waals surface area contributed by atoms with Gasteiger partial charge in [0.15, 0.2) is 5.82 Å². The summed E-state index contributed by atoms with van der Waals surface area (Å²) < 4.78 is 0. The zero-order valence-electron chi connectivity index (χ0n) is 14.7. The fraction of sp³-hybridized carbons (Fsp3) is 0.316. The van der Waals surface area contributed by atoms with Crippen molar-refractivity contribution in [2.75, 3.05) is 25.0 Å². The molecule has 4 heterocycles. The van der Waals surface area contributed by atoms with Crippen LogP contribution in [0.3, 0.4) is 0 Å². The number of nitrogens with one attached hydrogen (secondary N) is 1. The number of aromatic nitrogens is 3. The summed E-state index contributed by atoms with van der Waals surface area (Å²) in [7, 11) is 2.12. The first-order valence-electron chi connectivity index (χ1n) is 8.54. The molecule has 1 N–H and O–H groups in total. The van der Waals surface area contributed by atoms with E-state index in [9.17, 15) is 0 Å². The van der Waals surface area contributed by atoms with Crippen molar-refractivity contribution in [3.8, 4) is 11.4 Å². The van der Waals surface area contributed by atoms with Crippen LogP contribution in [0.25, 0.3) is 11.4 Å². The number of pyridine rings is 1. The molecule has 3 aromatic rings. The van der Waals surface area contributed by atoms with Crippen molar-refractivity contribution in [2.45, 2.75) is 19.4 Å². The van der Waals surface area contributed by atoms with E-state index >= 15 is 0 Å². The Hall–Kier alpha value is -2.02. The van der Waals surface area contributed by atoms with E-state index in [1.54, 1.807) is 23.7 Å². The second-order valence-corrected chi connectivity index (χ2v) is 7.05. The minimum atomic E-state index is 0. The minimum Gasteiger partial charge on any atom is -0.355 e. The van der Waals surface area contributed by atoms with Crippen LogP contribution in [0.4, 0.5) is 5.82 Å². The Morgan fingerprint density at radius 3 is 2.69 bits per heavy atom. The van der Waals surface area contributed by atoms with Crippen molar-refractivity contribution >= 4 is 29.6 Å². The smallest absolute Gasteiger partial charge is 0.161 e. The van der Waals surface area contributed by atoms with Gasteiger partial charge in [-0.25, -0.2) is 9.97 Å². The third-order valence-electron chi connectivity index (χ3n) is 4.46. The maximum absolute atomic E-state index is 4.94. The lowest BCUT2D eigenvalue weighted by Crippen LogP contribution is -2.21. The monoisotopic (exact) mass is 387 g/mol. The number of nitrogens with zero attached hydrogens (tertiary/aromatic N) is 4. The third-order valence-corrected chi connectivity index (χ3v) is 5.19. The van der Waals surface area contributed by atoms with Crippen molar-refractivity contribution in [3.63, 3.8) is 0 Å². The molecule has 0 aliphatic carbocycles. The summed E-state index contributed by atoms with van der Waals surface area (Å²) >= 11 is 1.73. The molecule has 1 aliphatic rings. The van der Waals surface area contributed by atoms with E-state index in [0.29, 0.717) is 0 Å². The SMILES string of the molecule is CN(Cc1ccsc1)c1nc(-c2ccncc2)nc2c1CCNCC2.Cl. The zero-order chi connectivity index (χ0) is 17.1. The summed E-state index contributed by atoms with van der Waals surface area (Å²) in [6.45, 7) is 2.80. The van der Waals surface area contributed by atoms with Crippen LogP contribution in [-0.4, -0.2) is 35.1 Å². The van der Waals surface area contributed by atoms with Crippen molar-refractivity contribution < 1.29 is 0 Å². The van der Waals surface area contributed by atoms with Crippen LogP contribution < -0.4 is 10.2 Å². The summed E-state index contributed by atoms with van der Waals surface area (Å²) in [6.07, 6.45) is 5.49. The Kier molecular flexibility index (Phi) is 6.19. The first kappa shape index (κ1) is 18.8. The number of halogens is 1. The molecule has 0 amide bonds. The summed E-state index contributed by atoms with van der Waals surface area (Å²) in [6, 6.07) is 6.12. The highest BCUT2D eigenvalue weighted by atomic mass is 35.5. The molecule has 26 heavy (non-hydrogen) atoms. The Morgan fingerprint density at radius 1 is 1.12 bits per heavy atom. The van der Waals surface area contributed by atoms with Crippen LogP contribution in [-0.2, 0) is 19.4 Å². The summed E-state index contributed by atoms with van der Waals surface area (Å²) in [4.78, 5) is 16.2. The van der Waals surface area contributed by atoms with Gasteiger partial charge >= 0.3 is 0 Å². The van der Waals surface area contributed by atoms with Crippen molar-refractivity contribution in [1.82, 2.24) is 20.3 Å². The van der Waals surface area contributed by atoms with Crippen LogP contribution in [0, 0.1) is 0 Å². The van der Waals surface area contributed by atoms with E-state index in [1.165, 1.54) is 16.8 Å². The normalized spacial score (nSPS) is 13.4. The number of thiophene rings is 1. The second kappa shape index (κ2) is 8.58. The lowest BCUT2D eigenvalue weighted by Gasteiger charge is -2.23. The van der Waals surface area contributed by atoms with Crippen LogP contribution in [0.1, 0.15) is 16.8 Å². The van der Waals surface area contributed by atoms with Gasteiger partial charge in [0.25, 0.3) is 0 Å². The predicted octanol–water partition coefficient (Wildman–Crippen LogP) is 3.35. The Labute approximate surface area is 163 Å². The van der Waals surface area contributed by atoms with Crippen LogP contribution in [0.15, 0.2) is 41.4 Å². The molecular weight excluding hydrogens is 366 g/mol. The standard InChI is InChI=1S/C19H21N5S.ClH/c1-24(12-14-6-11-25-13-14)19-16-4-9-21-10-5-17(16)22-18(23-19)15-2-7-20-8-3-15;/h2-3,6-8,11,13,21H,4-5,9-10,12H2,1H3;1H. The van der Waals surface area contributed by atoms with E-state index in [1.807, 2.05) is 12.1 Å². The van der Waals surface area contributed by atoms with E-state index in [2.05, 4.69) is 39.1 Å².